The summed E-state index contributed by atoms with van der Waals surface area (Å²) in [5, 5.41) is 11.9. The molecule has 1 N–H and O–H groups in total. The summed E-state index contributed by atoms with van der Waals surface area (Å²) in [6, 6.07) is 9.94. The van der Waals surface area contributed by atoms with Crippen LogP contribution in [-0.2, 0) is 15.9 Å². The normalized spacial score (nSPS) is 12.2. The Morgan fingerprint density at radius 3 is 2.29 bits per heavy atom. The third-order valence-electron chi connectivity index (χ3n) is 2.50. The van der Waals surface area contributed by atoms with Gasteiger partial charge in [-0.25, -0.2) is 0 Å². The Morgan fingerprint density at radius 1 is 1.24 bits per heavy atom. The molecule has 0 heterocycles. The third-order valence-corrected chi connectivity index (χ3v) is 2.50. The fraction of sp³-hybridized carbons (Fsp3) is 0.462. The van der Waals surface area contributed by atoms with E-state index in [0.717, 1.165) is 11.3 Å². The van der Waals surface area contributed by atoms with Gasteiger partial charge in [0.15, 0.2) is 6.29 Å². The number of hydrogen-bond acceptors (Lipinski definition) is 4. The molecule has 0 amide bonds. The van der Waals surface area contributed by atoms with E-state index in [1.807, 2.05) is 31.2 Å². The lowest BCUT2D eigenvalue weighted by Crippen LogP contribution is -2.33. The van der Waals surface area contributed by atoms with Crippen molar-refractivity contribution in [2.24, 2.45) is 0 Å². The zero-order valence-corrected chi connectivity index (χ0v) is 10.4. The van der Waals surface area contributed by atoms with Crippen LogP contribution in [-0.4, -0.2) is 26.6 Å². The van der Waals surface area contributed by atoms with Crippen LogP contribution in [0.1, 0.15) is 12.5 Å². The van der Waals surface area contributed by atoms with Gasteiger partial charge in [-0.1, -0.05) is 12.1 Å². The highest BCUT2D eigenvalue weighted by Crippen LogP contribution is 2.13. The van der Waals surface area contributed by atoms with Gasteiger partial charge in [0.05, 0.1) is 18.5 Å². The van der Waals surface area contributed by atoms with Gasteiger partial charge in [-0.15, -0.1) is 0 Å². The second-order valence-corrected chi connectivity index (χ2v) is 3.80. The molecule has 0 fully saturated rings. The summed E-state index contributed by atoms with van der Waals surface area (Å²) in [5.41, 5.74) is 2.00. The van der Waals surface area contributed by atoms with Gasteiger partial charge in [-0.05, 0) is 24.6 Å². The lowest BCUT2D eigenvalue weighted by atomic mass is 10.1. The van der Waals surface area contributed by atoms with Crippen LogP contribution in [0.4, 0.5) is 5.69 Å². The van der Waals surface area contributed by atoms with Gasteiger partial charge in [0.2, 0.25) is 0 Å². The van der Waals surface area contributed by atoms with Gasteiger partial charge in [0.25, 0.3) is 0 Å². The van der Waals surface area contributed by atoms with Crippen LogP contribution in [0.3, 0.4) is 0 Å². The third kappa shape index (κ3) is 4.06. The van der Waals surface area contributed by atoms with Crippen LogP contribution < -0.4 is 5.32 Å². The van der Waals surface area contributed by atoms with Crippen LogP contribution in [0.15, 0.2) is 24.3 Å². The Morgan fingerprint density at radius 2 is 1.82 bits per heavy atom. The van der Waals surface area contributed by atoms with Crippen molar-refractivity contribution in [1.29, 1.82) is 5.26 Å². The number of ether oxygens (including phenoxy) is 2. The molecule has 4 nitrogen and oxygen atoms in total. The maximum absolute atomic E-state index is 8.57. The van der Waals surface area contributed by atoms with Crippen LogP contribution in [0, 0.1) is 11.3 Å². The van der Waals surface area contributed by atoms with Crippen LogP contribution in [0.25, 0.3) is 0 Å². The summed E-state index contributed by atoms with van der Waals surface area (Å²) >= 11 is 0. The molecule has 1 unspecified atom stereocenters. The second-order valence-electron chi connectivity index (χ2n) is 3.80. The molecule has 1 aromatic rings. The maximum atomic E-state index is 8.57. The summed E-state index contributed by atoms with van der Waals surface area (Å²) in [5.74, 6) is 0. The molecule has 0 aliphatic rings. The SMILES string of the molecule is COC(OC)C(C)Nc1ccc(CC#N)cc1. The first kappa shape index (κ1) is 13.5. The first-order valence-electron chi connectivity index (χ1n) is 5.49. The smallest absolute Gasteiger partial charge is 0.176 e. The number of rotatable bonds is 6. The van der Waals surface area contributed by atoms with Gasteiger partial charge in [0, 0.05) is 19.9 Å². The highest BCUT2D eigenvalue weighted by atomic mass is 16.7. The van der Waals surface area contributed by atoms with Crippen molar-refractivity contribution in [1.82, 2.24) is 0 Å². The lowest BCUT2D eigenvalue weighted by molar-refractivity contribution is -0.109. The minimum atomic E-state index is -0.284. The number of benzene rings is 1. The van der Waals surface area contributed by atoms with E-state index in [0.29, 0.717) is 6.42 Å². The first-order valence-corrected chi connectivity index (χ1v) is 5.49. The molecule has 17 heavy (non-hydrogen) atoms. The molecule has 1 aromatic carbocycles. The number of methoxy groups -OCH3 is 2. The number of nitrogens with one attached hydrogen (secondary N) is 1. The van der Waals surface area contributed by atoms with Gasteiger partial charge in [0.1, 0.15) is 0 Å². The van der Waals surface area contributed by atoms with Crippen LogP contribution in [0.2, 0.25) is 0 Å². The molecule has 0 spiro atoms. The van der Waals surface area contributed by atoms with E-state index < -0.39 is 0 Å². The molecule has 0 radical (unpaired) electrons. The highest BCUT2D eigenvalue weighted by molar-refractivity contribution is 5.45. The Bertz CT molecular complexity index is 366. The standard InChI is InChI=1S/C13H18N2O2/c1-10(13(16-2)17-3)15-12-6-4-11(5-7-12)8-9-14/h4-7,10,13,15H,8H2,1-3H3. The summed E-state index contributed by atoms with van der Waals surface area (Å²) in [6.07, 6.45) is 0.156. The number of nitrogens with zero attached hydrogens (tertiary/aromatic N) is 1. The van der Waals surface area contributed by atoms with Crippen molar-refractivity contribution in [2.45, 2.75) is 25.7 Å². The fourth-order valence-electron chi connectivity index (χ4n) is 1.65. The molecule has 4 heteroatoms. The average Bonchev–Trinajstić information content (AvgIpc) is 2.33. The largest absolute Gasteiger partial charge is 0.377 e. The Hall–Kier alpha value is -1.57. The average molecular weight is 234 g/mol. The zero-order chi connectivity index (χ0) is 12.7. The van der Waals surface area contributed by atoms with Crippen molar-refractivity contribution in [3.8, 4) is 6.07 Å². The topological polar surface area (TPSA) is 54.3 Å². The predicted octanol–water partition coefficient (Wildman–Crippen LogP) is 2.17. The second kappa shape index (κ2) is 6.89. The lowest BCUT2D eigenvalue weighted by Gasteiger charge is -2.23. The molecule has 0 saturated carbocycles. The Labute approximate surface area is 102 Å². The van der Waals surface area contributed by atoms with E-state index >= 15 is 0 Å². The maximum Gasteiger partial charge on any atom is 0.176 e. The quantitative estimate of drug-likeness (QED) is 0.766. The summed E-state index contributed by atoms with van der Waals surface area (Å²) < 4.78 is 10.3. The van der Waals surface area contributed by atoms with E-state index in [2.05, 4.69) is 11.4 Å². The molecule has 0 bridgehead atoms. The van der Waals surface area contributed by atoms with Crippen molar-refractivity contribution in [3.63, 3.8) is 0 Å². The number of anilines is 1. The van der Waals surface area contributed by atoms with E-state index in [-0.39, 0.29) is 12.3 Å². The van der Waals surface area contributed by atoms with Crippen LogP contribution in [0.5, 0.6) is 0 Å². The number of nitriles is 1. The van der Waals surface area contributed by atoms with Crippen molar-refractivity contribution >= 4 is 5.69 Å². The minimum absolute atomic E-state index is 0.0480. The van der Waals surface area contributed by atoms with E-state index in [1.165, 1.54) is 0 Å². The molecule has 1 atom stereocenters. The van der Waals surface area contributed by atoms with Crippen LogP contribution >= 0.6 is 0 Å². The minimum Gasteiger partial charge on any atom is -0.377 e. The molecule has 0 aliphatic heterocycles. The molecular weight excluding hydrogens is 216 g/mol. The van der Waals surface area contributed by atoms with Gasteiger partial charge in [-0.3, -0.25) is 0 Å². The highest BCUT2D eigenvalue weighted by Gasteiger charge is 2.14. The molecule has 0 aromatic heterocycles. The van der Waals surface area contributed by atoms with E-state index in [4.69, 9.17) is 14.7 Å². The van der Waals surface area contributed by atoms with Crippen molar-refractivity contribution < 1.29 is 9.47 Å². The fourth-order valence-corrected chi connectivity index (χ4v) is 1.65. The molecule has 0 saturated heterocycles. The molecule has 92 valence electrons. The first-order chi connectivity index (χ1) is 8.21. The summed E-state index contributed by atoms with van der Waals surface area (Å²) in [7, 11) is 3.23. The van der Waals surface area contributed by atoms with Gasteiger partial charge in [-0.2, -0.15) is 5.26 Å². The molecular formula is C13H18N2O2. The van der Waals surface area contributed by atoms with E-state index in [9.17, 15) is 0 Å². The summed E-state index contributed by atoms with van der Waals surface area (Å²) in [6.45, 7) is 1.99. The van der Waals surface area contributed by atoms with Crippen molar-refractivity contribution in [3.05, 3.63) is 29.8 Å². The Balaban J connectivity index is 2.60. The molecule has 1 rings (SSSR count). The van der Waals surface area contributed by atoms with E-state index in [1.54, 1.807) is 14.2 Å². The Kier molecular flexibility index (Phi) is 5.47. The van der Waals surface area contributed by atoms with Gasteiger partial charge < -0.3 is 14.8 Å². The monoisotopic (exact) mass is 234 g/mol. The zero-order valence-electron chi connectivity index (χ0n) is 10.4. The summed E-state index contributed by atoms with van der Waals surface area (Å²) in [4.78, 5) is 0. The van der Waals surface area contributed by atoms with Crippen molar-refractivity contribution in [2.75, 3.05) is 19.5 Å². The predicted molar refractivity (Wildman–Crippen MR) is 66.6 cm³/mol. The number of hydrogen-bond donors (Lipinski definition) is 1. The molecule has 0 aliphatic carbocycles. The van der Waals surface area contributed by atoms with Gasteiger partial charge >= 0.3 is 0 Å².